The lowest BCUT2D eigenvalue weighted by molar-refractivity contribution is -0.141. The number of nitrogens with zero attached hydrogens (tertiary/aromatic N) is 3. The Hall–Kier alpha value is -1.20. The van der Waals surface area contributed by atoms with Gasteiger partial charge in [-0.3, -0.25) is 14.5 Å². The predicted octanol–water partition coefficient (Wildman–Crippen LogP) is 0.445. The molecule has 1 aromatic rings. The molecule has 0 unspecified atom stereocenters. The first-order chi connectivity index (χ1) is 12.6. The topological polar surface area (TPSA) is 90.0 Å². The van der Waals surface area contributed by atoms with Crippen LogP contribution in [-0.2, 0) is 19.6 Å². The molecule has 3 rings (SSSR count). The van der Waals surface area contributed by atoms with Crippen molar-refractivity contribution in [2.45, 2.75) is 23.6 Å². The first-order valence-electron chi connectivity index (χ1n) is 8.69. The van der Waals surface area contributed by atoms with E-state index in [9.17, 15) is 18.0 Å². The summed E-state index contributed by atoms with van der Waals surface area (Å²) in [5.74, 6) is -0.180. The van der Waals surface area contributed by atoms with Crippen molar-refractivity contribution in [1.82, 2.24) is 19.4 Å². The highest BCUT2D eigenvalue weighted by Crippen LogP contribution is 2.28. The van der Waals surface area contributed by atoms with Crippen molar-refractivity contribution in [2.75, 3.05) is 45.8 Å². The molecule has 2 saturated heterocycles. The smallest absolute Gasteiger partial charge is 0.252 e. The normalized spacial score (nSPS) is 21.9. The van der Waals surface area contributed by atoms with E-state index in [1.165, 1.54) is 10.4 Å². The molecule has 27 heavy (non-hydrogen) atoms. The molecule has 150 valence electrons. The Morgan fingerprint density at radius 1 is 1.22 bits per heavy atom. The van der Waals surface area contributed by atoms with Gasteiger partial charge in [0.05, 0.1) is 16.4 Å². The van der Waals surface area contributed by atoms with Gasteiger partial charge in [0.15, 0.2) is 0 Å². The molecule has 0 aromatic carbocycles. The van der Waals surface area contributed by atoms with Gasteiger partial charge in [-0.05, 0) is 26.0 Å². The second kappa shape index (κ2) is 7.67. The number of hydrogen-bond donors (Lipinski definition) is 1. The average Bonchev–Trinajstić information content (AvgIpc) is 3.06. The number of halogens is 1. The molecule has 0 spiro atoms. The van der Waals surface area contributed by atoms with Crippen molar-refractivity contribution in [3.63, 3.8) is 0 Å². The van der Waals surface area contributed by atoms with Gasteiger partial charge >= 0.3 is 0 Å². The summed E-state index contributed by atoms with van der Waals surface area (Å²) in [7, 11) is -3.58. The van der Waals surface area contributed by atoms with Crippen molar-refractivity contribution in [3.05, 3.63) is 16.5 Å². The molecule has 2 aliphatic heterocycles. The molecule has 1 aromatic heterocycles. The van der Waals surface area contributed by atoms with Crippen LogP contribution in [0, 0.1) is 0 Å². The summed E-state index contributed by atoms with van der Waals surface area (Å²) in [6.45, 7) is 6.02. The highest BCUT2D eigenvalue weighted by molar-refractivity contribution is 7.91. The molecule has 0 radical (unpaired) electrons. The maximum atomic E-state index is 12.7. The summed E-state index contributed by atoms with van der Waals surface area (Å²) in [6.07, 6.45) is 0. The largest absolute Gasteiger partial charge is 0.353 e. The van der Waals surface area contributed by atoms with Gasteiger partial charge in [0, 0.05) is 39.3 Å². The summed E-state index contributed by atoms with van der Waals surface area (Å²) >= 11 is 6.88. The number of carbonyl (C=O) groups is 2. The molecule has 8 nitrogen and oxygen atoms in total. The number of thiophene rings is 1. The van der Waals surface area contributed by atoms with Gasteiger partial charge in [-0.1, -0.05) is 11.6 Å². The van der Waals surface area contributed by atoms with Gasteiger partial charge in [-0.15, -0.1) is 11.3 Å². The highest BCUT2D eigenvalue weighted by Gasteiger charge is 2.39. The van der Waals surface area contributed by atoms with Crippen LogP contribution in [0.3, 0.4) is 0 Å². The Balaban J connectivity index is 1.59. The summed E-state index contributed by atoms with van der Waals surface area (Å²) in [5.41, 5.74) is -0.739. The minimum absolute atomic E-state index is 0.0889. The molecule has 0 atom stereocenters. The van der Waals surface area contributed by atoms with Crippen LogP contribution < -0.4 is 5.32 Å². The number of amides is 2. The van der Waals surface area contributed by atoms with Crippen LogP contribution in [0.5, 0.6) is 0 Å². The number of sulfonamides is 1. The van der Waals surface area contributed by atoms with Crippen molar-refractivity contribution in [3.8, 4) is 0 Å². The lowest BCUT2D eigenvalue weighted by Gasteiger charge is -2.42. The minimum atomic E-state index is -3.58. The zero-order valence-corrected chi connectivity index (χ0v) is 17.7. The molecular formula is C16H23ClN4O4S2. The van der Waals surface area contributed by atoms with Crippen LogP contribution in [0.25, 0.3) is 0 Å². The van der Waals surface area contributed by atoms with E-state index < -0.39 is 15.6 Å². The predicted molar refractivity (Wildman–Crippen MR) is 103 cm³/mol. The SMILES string of the molecule is CC1(C)C(=O)NCCN1CC(=O)N1CCN(S(=O)(=O)c2ccc(Cl)s2)CC1. The minimum Gasteiger partial charge on any atom is -0.353 e. The Kier molecular flexibility index (Phi) is 5.83. The van der Waals surface area contributed by atoms with E-state index in [0.717, 1.165) is 11.3 Å². The lowest BCUT2D eigenvalue weighted by Crippen LogP contribution is -2.64. The molecular weight excluding hydrogens is 412 g/mol. The average molecular weight is 435 g/mol. The Bertz CT molecular complexity index is 831. The Morgan fingerprint density at radius 2 is 1.89 bits per heavy atom. The third-order valence-corrected chi connectivity index (χ3v) is 8.67. The van der Waals surface area contributed by atoms with Crippen LogP contribution in [0.15, 0.2) is 16.3 Å². The van der Waals surface area contributed by atoms with E-state index in [4.69, 9.17) is 11.6 Å². The number of nitrogens with one attached hydrogen (secondary N) is 1. The van der Waals surface area contributed by atoms with E-state index in [0.29, 0.717) is 30.5 Å². The maximum Gasteiger partial charge on any atom is 0.252 e. The van der Waals surface area contributed by atoms with Crippen molar-refractivity contribution in [1.29, 1.82) is 0 Å². The molecule has 11 heteroatoms. The van der Waals surface area contributed by atoms with Gasteiger partial charge in [0.25, 0.3) is 10.0 Å². The summed E-state index contributed by atoms with van der Waals surface area (Å²) in [4.78, 5) is 28.2. The van der Waals surface area contributed by atoms with E-state index in [2.05, 4.69) is 5.32 Å². The molecule has 3 heterocycles. The number of carbonyl (C=O) groups excluding carboxylic acids is 2. The van der Waals surface area contributed by atoms with E-state index in [-0.39, 0.29) is 35.7 Å². The quantitative estimate of drug-likeness (QED) is 0.742. The van der Waals surface area contributed by atoms with Crippen LogP contribution >= 0.6 is 22.9 Å². The highest BCUT2D eigenvalue weighted by atomic mass is 35.5. The monoisotopic (exact) mass is 434 g/mol. The second-order valence-corrected chi connectivity index (χ2v) is 11.0. The second-order valence-electron chi connectivity index (χ2n) is 7.08. The molecule has 0 bridgehead atoms. The zero-order chi connectivity index (χ0) is 19.8. The van der Waals surface area contributed by atoms with Crippen LogP contribution in [0.4, 0.5) is 0 Å². The first kappa shape index (κ1) is 20.5. The van der Waals surface area contributed by atoms with Crippen LogP contribution in [0.2, 0.25) is 4.34 Å². The first-order valence-corrected chi connectivity index (χ1v) is 11.3. The molecule has 2 fully saturated rings. The Morgan fingerprint density at radius 3 is 2.48 bits per heavy atom. The van der Waals surface area contributed by atoms with E-state index in [1.54, 1.807) is 24.8 Å². The number of piperazine rings is 2. The maximum absolute atomic E-state index is 12.7. The lowest BCUT2D eigenvalue weighted by atomic mass is 9.99. The van der Waals surface area contributed by atoms with Crippen LogP contribution in [0.1, 0.15) is 13.8 Å². The third kappa shape index (κ3) is 4.14. The fraction of sp³-hybridized carbons (Fsp3) is 0.625. The number of rotatable bonds is 4. The van der Waals surface area contributed by atoms with Gasteiger partial charge in [0.1, 0.15) is 4.21 Å². The fourth-order valence-electron chi connectivity index (χ4n) is 3.23. The van der Waals surface area contributed by atoms with Crippen LogP contribution in [-0.4, -0.2) is 85.7 Å². The molecule has 0 saturated carbocycles. The van der Waals surface area contributed by atoms with Crippen molar-refractivity contribution in [2.24, 2.45) is 0 Å². The molecule has 2 amide bonds. The third-order valence-electron chi connectivity index (χ3n) is 5.07. The number of hydrogen-bond acceptors (Lipinski definition) is 6. The molecule has 0 aliphatic carbocycles. The van der Waals surface area contributed by atoms with Gasteiger partial charge in [-0.2, -0.15) is 4.31 Å². The fourth-order valence-corrected chi connectivity index (χ4v) is 6.28. The Labute approximate surface area is 168 Å². The molecule has 2 aliphatic rings. The van der Waals surface area contributed by atoms with Crippen molar-refractivity contribution < 1.29 is 18.0 Å². The van der Waals surface area contributed by atoms with E-state index in [1.807, 2.05) is 4.90 Å². The van der Waals surface area contributed by atoms with Gasteiger partial charge < -0.3 is 10.2 Å². The standard InChI is InChI=1S/C16H23ClN4O4S2/c1-16(2)15(23)18-5-6-20(16)11-13(22)19-7-9-21(10-8-19)27(24,25)14-4-3-12(17)26-14/h3-4H,5-11H2,1-2H3,(H,18,23). The van der Waals surface area contributed by atoms with Gasteiger partial charge in [0.2, 0.25) is 11.8 Å². The van der Waals surface area contributed by atoms with Gasteiger partial charge in [-0.25, -0.2) is 8.42 Å². The van der Waals surface area contributed by atoms with E-state index >= 15 is 0 Å². The summed E-state index contributed by atoms with van der Waals surface area (Å²) in [5, 5.41) is 2.81. The summed E-state index contributed by atoms with van der Waals surface area (Å²) < 4.78 is 27.3. The summed E-state index contributed by atoms with van der Waals surface area (Å²) in [6, 6.07) is 3.07. The molecule has 1 N–H and O–H groups in total. The zero-order valence-electron chi connectivity index (χ0n) is 15.3. The van der Waals surface area contributed by atoms with Crippen molar-refractivity contribution >= 4 is 44.8 Å².